The van der Waals surface area contributed by atoms with Crippen LogP contribution in [0.3, 0.4) is 0 Å². The lowest BCUT2D eigenvalue weighted by atomic mass is 10.2. The van der Waals surface area contributed by atoms with Crippen molar-refractivity contribution in [2.24, 2.45) is 0 Å². The van der Waals surface area contributed by atoms with Gasteiger partial charge >= 0.3 is 0 Å². The van der Waals surface area contributed by atoms with E-state index >= 15 is 0 Å². The molecule has 2 aromatic heterocycles. The number of ether oxygens (including phenoxy) is 1. The van der Waals surface area contributed by atoms with E-state index in [0.717, 1.165) is 50.5 Å². The van der Waals surface area contributed by atoms with Crippen LogP contribution in [-0.4, -0.2) is 47.7 Å². The van der Waals surface area contributed by atoms with E-state index in [1.165, 1.54) is 5.01 Å². The minimum Gasteiger partial charge on any atom is -0.379 e. The van der Waals surface area contributed by atoms with Gasteiger partial charge in [-0.3, -0.25) is 9.88 Å². The second-order valence-corrected chi connectivity index (χ2v) is 5.51. The zero-order valence-electron chi connectivity index (χ0n) is 10.8. The summed E-state index contributed by atoms with van der Waals surface area (Å²) in [5.74, 6) is 0. The lowest BCUT2D eigenvalue weighted by molar-refractivity contribution is 0.0384. The highest BCUT2D eigenvalue weighted by atomic mass is 32.1. The molecule has 3 heterocycles. The summed E-state index contributed by atoms with van der Waals surface area (Å²) in [6.45, 7) is 4.89. The first-order valence-corrected chi connectivity index (χ1v) is 7.45. The van der Waals surface area contributed by atoms with Crippen LogP contribution in [0, 0.1) is 0 Å². The van der Waals surface area contributed by atoms with Crippen molar-refractivity contribution in [3.63, 3.8) is 0 Å². The summed E-state index contributed by atoms with van der Waals surface area (Å²) in [6.07, 6.45) is 4.64. The van der Waals surface area contributed by atoms with Gasteiger partial charge in [0.2, 0.25) is 0 Å². The maximum absolute atomic E-state index is 5.35. The molecule has 4 nitrogen and oxygen atoms in total. The fourth-order valence-electron chi connectivity index (χ4n) is 2.16. The quantitative estimate of drug-likeness (QED) is 0.856. The Kier molecular flexibility index (Phi) is 4.17. The van der Waals surface area contributed by atoms with Crippen molar-refractivity contribution < 1.29 is 4.74 Å². The monoisotopic (exact) mass is 275 g/mol. The molecule has 5 heteroatoms. The number of thiazole rings is 1. The van der Waals surface area contributed by atoms with Gasteiger partial charge in [0.25, 0.3) is 0 Å². The second-order valence-electron chi connectivity index (χ2n) is 4.57. The van der Waals surface area contributed by atoms with Crippen molar-refractivity contribution in [3.8, 4) is 11.3 Å². The van der Waals surface area contributed by atoms with Crippen LogP contribution in [-0.2, 0) is 11.2 Å². The maximum atomic E-state index is 5.35. The topological polar surface area (TPSA) is 38.2 Å². The molecule has 0 N–H and O–H groups in total. The molecule has 100 valence electrons. The van der Waals surface area contributed by atoms with Crippen LogP contribution in [0.15, 0.2) is 29.9 Å². The maximum Gasteiger partial charge on any atom is 0.0945 e. The highest BCUT2D eigenvalue weighted by Gasteiger charge is 2.11. The highest BCUT2D eigenvalue weighted by molar-refractivity contribution is 7.09. The highest BCUT2D eigenvalue weighted by Crippen LogP contribution is 2.21. The third kappa shape index (κ3) is 3.37. The van der Waals surface area contributed by atoms with Crippen molar-refractivity contribution in [1.29, 1.82) is 0 Å². The standard InChI is InChI=1S/C14H17N3OS/c1-4-15-5-2-12(1)13-11-19-14(16-13)3-6-17-7-9-18-10-8-17/h1-2,4-5,11H,3,6-10H2. The molecule has 1 saturated heterocycles. The summed E-state index contributed by atoms with van der Waals surface area (Å²) in [5.41, 5.74) is 2.20. The molecule has 0 amide bonds. The van der Waals surface area contributed by atoms with Gasteiger partial charge in [0.15, 0.2) is 0 Å². The van der Waals surface area contributed by atoms with Crippen LogP contribution in [0.2, 0.25) is 0 Å². The minimum atomic E-state index is 0.861. The summed E-state index contributed by atoms with van der Waals surface area (Å²) < 4.78 is 5.35. The van der Waals surface area contributed by atoms with Crippen LogP contribution >= 0.6 is 11.3 Å². The van der Waals surface area contributed by atoms with Crippen molar-refractivity contribution in [2.45, 2.75) is 6.42 Å². The zero-order chi connectivity index (χ0) is 12.9. The van der Waals surface area contributed by atoms with Gasteiger partial charge < -0.3 is 4.74 Å². The summed E-state index contributed by atoms with van der Waals surface area (Å²) in [5, 5.41) is 3.34. The van der Waals surface area contributed by atoms with Crippen LogP contribution < -0.4 is 0 Å². The Balaban J connectivity index is 1.59. The zero-order valence-corrected chi connectivity index (χ0v) is 11.6. The van der Waals surface area contributed by atoms with Crippen molar-refractivity contribution in [3.05, 3.63) is 34.9 Å². The van der Waals surface area contributed by atoms with Gasteiger partial charge in [-0.15, -0.1) is 11.3 Å². The lowest BCUT2D eigenvalue weighted by Gasteiger charge is -2.25. The van der Waals surface area contributed by atoms with E-state index in [1.54, 1.807) is 11.3 Å². The van der Waals surface area contributed by atoms with Crippen LogP contribution in [0.25, 0.3) is 11.3 Å². The Morgan fingerprint density at radius 1 is 1.21 bits per heavy atom. The Labute approximate surface area is 117 Å². The molecule has 1 fully saturated rings. The molecule has 0 saturated carbocycles. The number of rotatable bonds is 4. The van der Waals surface area contributed by atoms with Crippen LogP contribution in [0.5, 0.6) is 0 Å². The van der Waals surface area contributed by atoms with Gasteiger partial charge in [-0.25, -0.2) is 4.98 Å². The van der Waals surface area contributed by atoms with E-state index in [4.69, 9.17) is 9.72 Å². The molecular formula is C14H17N3OS. The molecule has 0 atom stereocenters. The van der Waals surface area contributed by atoms with Crippen molar-refractivity contribution >= 4 is 11.3 Å². The van der Waals surface area contributed by atoms with Gasteiger partial charge in [0, 0.05) is 49.4 Å². The predicted molar refractivity (Wildman–Crippen MR) is 76.3 cm³/mol. The van der Waals surface area contributed by atoms with Gasteiger partial charge in [0.05, 0.1) is 23.9 Å². The molecule has 1 aliphatic rings. The fraction of sp³-hybridized carbons (Fsp3) is 0.429. The molecule has 0 bridgehead atoms. The average Bonchev–Trinajstić information content (AvgIpc) is 2.96. The Morgan fingerprint density at radius 2 is 2.00 bits per heavy atom. The number of nitrogens with zero attached hydrogens (tertiary/aromatic N) is 3. The first kappa shape index (κ1) is 12.7. The Bertz CT molecular complexity index is 508. The van der Waals surface area contributed by atoms with E-state index in [9.17, 15) is 0 Å². The van der Waals surface area contributed by atoms with E-state index in [0.29, 0.717) is 0 Å². The van der Waals surface area contributed by atoms with Crippen molar-refractivity contribution in [2.75, 3.05) is 32.8 Å². The molecule has 3 rings (SSSR count). The van der Waals surface area contributed by atoms with Gasteiger partial charge in [-0.05, 0) is 12.1 Å². The normalized spacial score (nSPS) is 16.6. The molecule has 2 aromatic rings. The third-order valence-electron chi connectivity index (χ3n) is 3.27. The molecule has 0 aromatic carbocycles. The third-order valence-corrected chi connectivity index (χ3v) is 4.18. The van der Waals surface area contributed by atoms with Gasteiger partial charge in [-0.1, -0.05) is 0 Å². The molecule has 19 heavy (non-hydrogen) atoms. The second kappa shape index (κ2) is 6.23. The lowest BCUT2D eigenvalue weighted by Crippen LogP contribution is -2.37. The molecule has 1 aliphatic heterocycles. The number of morpholine rings is 1. The van der Waals surface area contributed by atoms with E-state index < -0.39 is 0 Å². The average molecular weight is 275 g/mol. The summed E-state index contributed by atoms with van der Waals surface area (Å²) in [7, 11) is 0. The number of hydrogen-bond acceptors (Lipinski definition) is 5. The molecule has 0 radical (unpaired) electrons. The Hall–Kier alpha value is -1.30. The predicted octanol–water partition coefficient (Wildman–Crippen LogP) is 2.08. The summed E-state index contributed by atoms with van der Waals surface area (Å²) in [4.78, 5) is 11.2. The smallest absolute Gasteiger partial charge is 0.0945 e. The fourth-order valence-corrected chi connectivity index (χ4v) is 2.96. The van der Waals surface area contributed by atoms with Crippen LogP contribution in [0.1, 0.15) is 5.01 Å². The van der Waals surface area contributed by atoms with Crippen LogP contribution in [0.4, 0.5) is 0 Å². The number of pyridine rings is 1. The number of hydrogen-bond donors (Lipinski definition) is 0. The molecular weight excluding hydrogens is 258 g/mol. The SMILES string of the molecule is c1cc(-c2csc(CCN3CCOCC3)n2)ccn1. The summed E-state index contributed by atoms with van der Waals surface area (Å²) in [6, 6.07) is 4.00. The van der Waals surface area contributed by atoms with Crippen molar-refractivity contribution in [1.82, 2.24) is 14.9 Å². The first-order valence-electron chi connectivity index (χ1n) is 6.57. The summed E-state index contributed by atoms with van der Waals surface area (Å²) >= 11 is 1.74. The largest absolute Gasteiger partial charge is 0.379 e. The minimum absolute atomic E-state index is 0.861. The number of aromatic nitrogens is 2. The van der Waals surface area contributed by atoms with E-state index in [1.807, 2.05) is 24.5 Å². The molecule has 0 unspecified atom stereocenters. The van der Waals surface area contributed by atoms with Gasteiger partial charge in [0.1, 0.15) is 0 Å². The molecule has 0 aliphatic carbocycles. The van der Waals surface area contributed by atoms with E-state index in [2.05, 4.69) is 15.3 Å². The van der Waals surface area contributed by atoms with E-state index in [-0.39, 0.29) is 0 Å². The van der Waals surface area contributed by atoms with Gasteiger partial charge in [-0.2, -0.15) is 0 Å². The first-order chi connectivity index (χ1) is 9.42. The Morgan fingerprint density at radius 3 is 2.79 bits per heavy atom. The molecule has 0 spiro atoms.